The average Bonchev–Trinajstić information content (AvgIpc) is 2.69. The fourth-order valence-corrected chi connectivity index (χ4v) is 4.23. The lowest BCUT2D eigenvalue weighted by Crippen LogP contribution is -2.36. The van der Waals surface area contributed by atoms with Crippen LogP contribution in [0.15, 0.2) is 47.4 Å². The van der Waals surface area contributed by atoms with E-state index >= 15 is 0 Å². The topological polar surface area (TPSA) is 122 Å². The molecule has 1 saturated heterocycles. The van der Waals surface area contributed by atoms with Crippen LogP contribution in [0.25, 0.3) is 0 Å². The number of halogens is 2. The molecule has 2 aromatic rings. The van der Waals surface area contributed by atoms with Gasteiger partial charge in [0.25, 0.3) is 15.7 Å². The second kappa shape index (κ2) is 8.79. The van der Waals surface area contributed by atoms with E-state index in [9.17, 15) is 32.4 Å². The van der Waals surface area contributed by atoms with E-state index in [0.29, 0.717) is 25.9 Å². The van der Waals surface area contributed by atoms with Crippen LogP contribution in [0.2, 0.25) is 0 Å². The van der Waals surface area contributed by atoms with Crippen molar-refractivity contribution in [1.29, 1.82) is 0 Å². The van der Waals surface area contributed by atoms with Gasteiger partial charge in [0.1, 0.15) is 11.4 Å². The van der Waals surface area contributed by atoms with Crippen LogP contribution in [0.1, 0.15) is 12.8 Å². The van der Waals surface area contributed by atoms with Gasteiger partial charge in [-0.2, -0.15) is 8.78 Å². The molecule has 0 amide bonds. The highest BCUT2D eigenvalue weighted by Gasteiger charge is 2.27. The van der Waals surface area contributed by atoms with E-state index in [1.165, 1.54) is 36.4 Å². The van der Waals surface area contributed by atoms with Crippen molar-refractivity contribution in [2.24, 2.45) is 0 Å². The smallest absolute Gasteiger partial charge is 0.387 e. The van der Waals surface area contributed by atoms with Gasteiger partial charge in [0.15, 0.2) is 0 Å². The SMILES string of the molecule is O=[N+]([O-])c1cc(S(=O)(=O)Nc2ccccc2OC(F)F)ccc1N1CCC(O)CC1. The minimum Gasteiger partial charge on any atom is -0.433 e. The lowest BCUT2D eigenvalue weighted by atomic mass is 10.1. The molecule has 0 aliphatic carbocycles. The van der Waals surface area contributed by atoms with Gasteiger partial charge in [-0.05, 0) is 37.1 Å². The molecule has 9 nitrogen and oxygen atoms in total. The molecule has 3 rings (SSSR count). The van der Waals surface area contributed by atoms with Crippen molar-refractivity contribution in [2.45, 2.75) is 30.5 Å². The molecule has 0 bridgehead atoms. The lowest BCUT2D eigenvalue weighted by Gasteiger charge is -2.31. The summed E-state index contributed by atoms with van der Waals surface area (Å²) in [6.45, 7) is -2.37. The summed E-state index contributed by atoms with van der Waals surface area (Å²) in [6.07, 6.45) is 0.416. The first kappa shape index (κ1) is 21.7. The van der Waals surface area contributed by atoms with Crippen LogP contribution in [0.3, 0.4) is 0 Å². The first-order valence-electron chi connectivity index (χ1n) is 8.95. The molecule has 0 radical (unpaired) electrons. The number of nitrogens with one attached hydrogen (secondary N) is 1. The summed E-state index contributed by atoms with van der Waals surface area (Å²) in [6, 6.07) is 8.66. The van der Waals surface area contributed by atoms with Crippen molar-refractivity contribution < 1.29 is 32.0 Å². The van der Waals surface area contributed by atoms with Crippen LogP contribution in [0.4, 0.5) is 25.8 Å². The zero-order chi connectivity index (χ0) is 21.9. The van der Waals surface area contributed by atoms with Gasteiger partial charge in [0, 0.05) is 19.2 Å². The number of ether oxygens (including phenoxy) is 1. The summed E-state index contributed by atoms with van der Waals surface area (Å²) in [5.74, 6) is -0.380. The number of benzene rings is 2. The average molecular weight is 443 g/mol. The van der Waals surface area contributed by atoms with Crippen LogP contribution < -0.4 is 14.4 Å². The fourth-order valence-electron chi connectivity index (χ4n) is 3.14. The first-order valence-corrected chi connectivity index (χ1v) is 10.4. The summed E-state index contributed by atoms with van der Waals surface area (Å²) >= 11 is 0. The number of nitro benzene ring substituents is 1. The second-order valence-electron chi connectivity index (χ2n) is 6.61. The van der Waals surface area contributed by atoms with Crippen molar-refractivity contribution in [3.05, 3.63) is 52.6 Å². The van der Waals surface area contributed by atoms with E-state index in [2.05, 4.69) is 9.46 Å². The molecular weight excluding hydrogens is 424 g/mol. The molecule has 0 aromatic heterocycles. The Hall–Kier alpha value is -2.99. The van der Waals surface area contributed by atoms with E-state index in [4.69, 9.17) is 0 Å². The largest absolute Gasteiger partial charge is 0.433 e. The summed E-state index contributed by atoms with van der Waals surface area (Å²) < 4.78 is 57.0. The van der Waals surface area contributed by atoms with Crippen molar-refractivity contribution in [2.75, 3.05) is 22.7 Å². The summed E-state index contributed by atoms with van der Waals surface area (Å²) in [7, 11) is -4.32. The van der Waals surface area contributed by atoms with Crippen molar-refractivity contribution in [1.82, 2.24) is 0 Å². The van der Waals surface area contributed by atoms with Crippen LogP contribution in [0, 0.1) is 10.1 Å². The van der Waals surface area contributed by atoms with Gasteiger partial charge < -0.3 is 14.7 Å². The van der Waals surface area contributed by atoms with E-state index in [0.717, 1.165) is 6.07 Å². The number of aliphatic hydroxyl groups is 1. The van der Waals surface area contributed by atoms with Crippen LogP contribution in [-0.4, -0.2) is 44.3 Å². The Morgan fingerprint density at radius 1 is 1.20 bits per heavy atom. The monoisotopic (exact) mass is 443 g/mol. The maximum atomic E-state index is 12.7. The Bertz CT molecular complexity index is 1030. The number of aliphatic hydroxyl groups excluding tert-OH is 1. The number of anilines is 2. The van der Waals surface area contributed by atoms with E-state index < -0.39 is 38.2 Å². The molecule has 1 aliphatic heterocycles. The van der Waals surface area contributed by atoms with Gasteiger partial charge in [-0.25, -0.2) is 8.42 Å². The van der Waals surface area contributed by atoms with Crippen molar-refractivity contribution >= 4 is 27.1 Å². The Kier molecular flexibility index (Phi) is 6.37. The number of alkyl halides is 2. The zero-order valence-electron chi connectivity index (χ0n) is 15.6. The first-order chi connectivity index (χ1) is 14.2. The molecule has 1 heterocycles. The number of sulfonamides is 1. The van der Waals surface area contributed by atoms with E-state index in [-0.39, 0.29) is 17.1 Å². The van der Waals surface area contributed by atoms with Gasteiger partial charge in [-0.1, -0.05) is 12.1 Å². The predicted molar refractivity (Wildman–Crippen MR) is 104 cm³/mol. The number of hydrogen-bond acceptors (Lipinski definition) is 7. The molecule has 1 fully saturated rings. The number of nitrogens with zero attached hydrogens (tertiary/aromatic N) is 2. The normalized spacial score (nSPS) is 15.3. The molecule has 0 spiro atoms. The molecule has 2 N–H and O–H groups in total. The van der Waals surface area contributed by atoms with Gasteiger partial charge >= 0.3 is 6.61 Å². The minimum atomic E-state index is -4.32. The van der Waals surface area contributed by atoms with Crippen molar-refractivity contribution in [3.8, 4) is 5.75 Å². The lowest BCUT2D eigenvalue weighted by molar-refractivity contribution is -0.384. The molecule has 1 aliphatic rings. The Labute approximate surface area is 171 Å². The maximum absolute atomic E-state index is 12.7. The fraction of sp³-hybridized carbons (Fsp3) is 0.333. The van der Waals surface area contributed by atoms with Crippen molar-refractivity contribution in [3.63, 3.8) is 0 Å². The third kappa shape index (κ3) is 4.94. The molecule has 0 atom stereocenters. The van der Waals surface area contributed by atoms with Gasteiger partial charge in [-0.15, -0.1) is 0 Å². The highest BCUT2D eigenvalue weighted by atomic mass is 32.2. The number of nitro groups is 1. The molecule has 162 valence electrons. The Morgan fingerprint density at radius 3 is 2.50 bits per heavy atom. The van der Waals surface area contributed by atoms with Crippen LogP contribution in [-0.2, 0) is 10.0 Å². The van der Waals surface area contributed by atoms with E-state index in [1.54, 1.807) is 4.90 Å². The summed E-state index contributed by atoms with van der Waals surface area (Å²) in [5, 5.41) is 21.2. The van der Waals surface area contributed by atoms with Gasteiger partial charge in [0.2, 0.25) is 0 Å². The zero-order valence-corrected chi connectivity index (χ0v) is 16.4. The number of piperidine rings is 1. The second-order valence-corrected chi connectivity index (χ2v) is 8.29. The highest BCUT2D eigenvalue weighted by molar-refractivity contribution is 7.92. The minimum absolute atomic E-state index is 0.227. The van der Waals surface area contributed by atoms with Gasteiger partial charge in [0.05, 0.1) is 21.6 Å². The maximum Gasteiger partial charge on any atom is 0.387 e. The Morgan fingerprint density at radius 2 is 1.87 bits per heavy atom. The molecule has 0 unspecified atom stereocenters. The summed E-state index contributed by atoms with van der Waals surface area (Å²) in [5.41, 5.74) is -0.395. The summed E-state index contributed by atoms with van der Waals surface area (Å²) in [4.78, 5) is 12.2. The third-order valence-corrected chi connectivity index (χ3v) is 5.97. The molecular formula is C18H19F2N3O6S. The molecule has 2 aromatic carbocycles. The van der Waals surface area contributed by atoms with Crippen LogP contribution >= 0.6 is 0 Å². The third-order valence-electron chi connectivity index (χ3n) is 4.61. The van der Waals surface area contributed by atoms with E-state index in [1.807, 2.05) is 0 Å². The quantitative estimate of drug-likeness (QED) is 0.498. The Balaban J connectivity index is 1.92. The predicted octanol–water partition coefficient (Wildman–Crippen LogP) is 2.96. The standard InChI is InChI=1S/C18H19F2N3O6S/c19-18(20)29-17-4-2-1-3-14(17)21-30(27,28)13-5-6-15(16(11-13)23(25)26)22-9-7-12(24)8-10-22/h1-6,11-12,18,21,24H,7-10H2. The number of para-hydroxylation sites is 2. The highest BCUT2D eigenvalue weighted by Crippen LogP contribution is 2.34. The van der Waals surface area contributed by atoms with Crippen LogP contribution in [0.5, 0.6) is 5.75 Å². The molecule has 12 heteroatoms. The molecule has 30 heavy (non-hydrogen) atoms. The molecule has 0 saturated carbocycles. The number of hydrogen-bond donors (Lipinski definition) is 2. The van der Waals surface area contributed by atoms with Gasteiger partial charge in [-0.3, -0.25) is 14.8 Å². The number of rotatable bonds is 7.